The maximum atomic E-state index is 12.5. The van der Waals surface area contributed by atoms with Crippen LogP contribution < -0.4 is 4.72 Å². The lowest BCUT2D eigenvalue weighted by Crippen LogP contribution is -2.12. The summed E-state index contributed by atoms with van der Waals surface area (Å²) in [5, 5.41) is 0. The first-order valence-corrected chi connectivity index (χ1v) is 5.43. The summed E-state index contributed by atoms with van der Waals surface area (Å²) in [6.07, 6.45) is -3.26. The molecule has 1 aromatic carbocycles. The number of carbonyl (C=O) groups is 1. The highest BCUT2D eigenvalue weighted by molar-refractivity contribution is 7.98. The second-order valence-electron chi connectivity index (χ2n) is 3.25. The molecule has 17 heavy (non-hydrogen) atoms. The maximum Gasteiger partial charge on any atom is 0.416 e. The minimum atomic E-state index is -4.35. The average Bonchev–Trinajstić information content (AvgIpc) is 2.24. The molecule has 0 fully saturated rings. The van der Waals surface area contributed by atoms with Crippen molar-refractivity contribution in [2.75, 3.05) is 0 Å². The molecule has 0 saturated heterocycles. The molecule has 92 valence electrons. The third-order valence-corrected chi connectivity index (χ3v) is 2.75. The lowest BCUT2D eigenvalue weighted by molar-refractivity contribution is -0.138. The fourth-order valence-corrected chi connectivity index (χ4v) is 1.84. The quantitative estimate of drug-likeness (QED) is 0.668. The van der Waals surface area contributed by atoms with Gasteiger partial charge in [0.2, 0.25) is 0 Å². The molecule has 0 aliphatic rings. The Morgan fingerprint density at radius 2 is 2.12 bits per heavy atom. The highest BCUT2D eigenvalue weighted by Gasteiger charge is 2.32. The molecule has 0 aliphatic heterocycles. The van der Waals surface area contributed by atoms with Crippen LogP contribution in [-0.2, 0) is 11.0 Å². The number of hydrogen-bond donors (Lipinski definition) is 1. The fourth-order valence-electron chi connectivity index (χ4n) is 1.17. The number of carbonyl (C=O) groups excluding carboxylic acids is 1. The smallest absolute Gasteiger partial charge is 0.292 e. The second-order valence-corrected chi connectivity index (χ2v) is 4.13. The van der Waals surface area contributed by atoms with Crippen molar-refractivity contribution in [3.05, 3.63) is 42.0 Å². The van der Waals surface area contributed by atoms with E-state index in [0.29, 0.717) is 4.90 Å². The Hall–Kier alpha value is -1.43. The van der Waals surface area contributed by atoms with Crippen LogP contribution in [0.5, 0.6) is 0 Å². The number of rotatable bonds is 3. The number of hydrogen-bond acceptors (Lipinski definition) is 2. The zero-order valence-electron chi connectivity index (χ0n) is 8.97. The van der Waals surface area contributed by atoms with E-state index in [0.717, 1.165) is 24.1 Å². The van der Waals surface area contributed by atoms with Gasteiger partial charge < -0.3 is 0 Å². The van der Waals surface area contributed by atoms with Gasteiger partial charge in [-0.1, -0.05) is 6.58 Å². The Kier molecular flexibility index (Phi) is 4.22. The van der Waals surface area contributed by atoms with Crippen LogP contribution in [0.15, 0.2) is 35.7 Å². The van der Waals surface area contributed by atoms with Crippen LogP contribution in [0, 0.1) is 6.92 Å². The van der Waals surface area contributed by atoms with Crippen LogP contribution >= 0.6 is 11.9 Å². The number of benzene rings is 1. The molecule has 0 aromatic heterocycles. The topological polar surface area (TPSA) is 29.1 Å². The van der Waals surface area contributed by atoms with Crippen molar-refractivity contribution in [2.24, 2.45) is 0 Å². The Balaban J connectivity index is 2.82. The summed E-state index contributed by atoms with van der Waals surface area (Å²) in [4.78, 5) is 11.4. The average molecular weight is 261 g/mol. The van der Waals surface area contributed by atoms with E-state index in [4.69, 9.17) is 0 Å². The monoisotopic (exact) mass is 261 g/mol. The number of halogens is 3. The molecular formula is C11H10F3NOS. The molecule has 1 aromatic rings. The van der Waals surface area contributed by atoms with E-state index in [-0.39, 0.29) is 5.56 Å². The molecule has 1 amide bonds. The van der Waals surface area contributed by atoms with Gasteiger partial charge in [0.25, 0.3) is 5.91 Å². The number of alkyl halides is 3. The largest absolute Gasteiger partial charge is 0.416 e. The van der Waals surface area contributed by atoms with Crippen molar-refractivity contribution in [3.63, 3.8) is 0 Å². The van der Waals surface area contributed by atoms with Gasteiger partial charge in [0, 0.05) is 4.90 Å². The van der Waals surface area contributed by atoms with Crippen molar-refractivity contribution in [1.82, 2.24) is 4.72 Å². The van der Waals surface area contributed by atoms with Gasteiger partial charge in [-0.2, -0.15) is 13.2 Å². The Morgan fingerprint density at radius 3 is 2.59 bits per heavy atom. The first-order chi connectivity index (χ1) is 7.84. The van der Waals surface area contributed by atoms with E-state index in [9.17, 15) is 18.0 Å². The van der Waals surface area contributed by atoms with Gasteiger partial charge in [-0.25, -0.2) is 0 Å². The Labute approximate surface area is 101 Å². The summed E-state index contributed by atoms with van der Waals surface area (Å²) in [7, 11) is 0. The van der Waals surface area contributed by atoms with Crippen LogP contribution in [0.4, 0.5) is 13.2 Å². The normalized spacial score (nSPS) is 11.1. The molecule has 0 heterocycles. The van der Waals surface area contributed by atoms with Crippen LogP contribution in [-0.4, -0.2) is 5.91 Å². The van der Waals surface area contributed by atoms with Gasteiger partial charge in [-0.05, 0) is 48.7 Å². The van der Waals surface area contributed by atoms with Crippen molar-refractivity contribution in [2.45, 2.75) is 18.0 Å². The van der Waals surface area contributed by atoms with Crippen LogP contribution in [0.1, 0.15) is 11.1 Å². The molecule has 0 radical (unpaired) electrons. The fraction of sp³-hybridized carbons (Fsp3) is 0.182. The molecule has 1 N–H and O–H groups in total. The van der Waals surface area contributed by atoms with Gasteiger partial charge in [-0.3, -0.25) is 9.52 Å². The van der Waals surface area contributed by atoms with E-state index < -0.39 is 17.6 Å². The molecule has 6 heteroatoms. The molecular weight excluding hydrogens is 251 g/mol. The third-order valence-electron chi connectivity index (χ3n) is 1.96. The molecule has 0 saturated carbocycles. The van der Waals surface area contributed by atoms with E-state index in [1.807, 2.05) is 0 Å². The molecule has 0 unspecified atom stereocenters. The predicted octanol–water partition coefficient (Wildman–Crippen LogP) is 3.32. The lowest BCUT2D eigenvalue weighted by Gasteiger charge is -2.11. The molecule has 2 nitrogen and oxygen atoms in total. The summed E-state index contributed by atoms with van der Waals surface area (Å²) in [5.41, 5.74) is -0.549. The minimum absolute atomic E-state index is 0.121. The third kappa shape index (κ3) is 3.81. The molecule has 0 spiro atoms. The van der Waals surface area contributed by atoms with Crippen molar-refractivity contribution < 1.29 is 18.0 Å². The zero-order valence-corrected chi connectivity index (χ0v) is 9.78. The van der Waals surface area contributed by atoms with E-state index in [1.54, 1.807) is 0 Å². The Morgan fingerprint density at radius 1 is 1.47 bits per heavy atom. The first-order valence-electron chi connectivity index (χ1n) is 4.61. The zero-order chi connectivity index (χ0) is 13.1. The summed E-state index contributed by atoms with van der Waals surface area (Å²) < 4.78 is 39.8. The van der Waals surface area contributed by atoms with Gasteiger partial charge in [0.1, 0.15) is 0 Å². The van der Waals surface area contributed by atoms with E-state index >= 15 is 0 Å². The van der Waals surface area contributed by atoms with Gasteiger partial charge in [0.15, 0.2) is 0 Å². The lowest BCUT2D eigenvalue weighted by atomic mass is 10.1. The van der Waals surface area contributed by atoms with E-state index in [2.05, 4.69) is 11.3 Å². The molecule has 0 bridgehead atoms. The Bertz CT molecular complexity index is 443. The second kappa shape index (κ2) is 5.27. The summed E-state index contributed by atoms with van der Waals surface area (Å²) in [5.74, 6) is -0.396. The summed E-state index contributed by atoms with van der Waals surface area (Å²) in [6, 6.07) is 3.68. The molecule has 1 rings (SSSR count). The highest BCUT2D eigenvalue weighted by atomic mass is 32.2. The maximum absolute atomic E-state index is 12.5. The number of amides is 1. The van der Waals surface area contributed by atoms with Gasteiger partial charge in [-0.15, -0.1) is 0 Å². The SMILES string of the molecule is C=CC(=O)NSc1ccc(C(F)(F)F)c(C)c1. The summed E-state index contributed by atoms with van der Waals surface area (Å²) >= 11 is 0.948. The summed E-state index contributed by atoms with van der Waals surface area (Å²) in [6.45, 7) is 4.64. The van der Waals surface area contributed by atoms with E-state index in [1.165, 1.54) is 19.1 Å². The van der Waals surface area contributed by atoms with Crippen LogP contribution in [0.25, 0.3) is 0 Å². The predicted molar refractivity (Wildman–Crippen MR) is 60.4 cm³/mol. The molecule has 0 aliphatic carbocycles. The number of nitrogens with one attached hydrogen (secondary N) is 1. The first kappa shape index (κ1) is 13.6. The van der Waals surface area contributed by atoms with Gasteiger partial charge >= 0.3 is 6.18 Å². The van der Waals surface area contributed by atoms with Crippen LogP contribution in [0.2, 0.25) is 0 Å². The van der Waals surface area contributed by atoms with Crippen molar-refractivity contribution in [3.8, 4) is 0 Å². The van der Waals surface area contributed by atoms with Gasteiger partial charge in [0.05, 0.1) is 5.56 Å². The van der Waals surface area contributed by atoms with Crippen LogP contribution in [0.3, 0.4) is 0 Å². The molecule has 0 atom stereocenters. The standard InChI is InChI=1S/C11H10F3NOS/c1-3-10(16)15-17-8-4-5-9(7(2)6-8)11(12,13)14/h3-6H,1H2,2H3,(H,15,16). The minimum Gasteiger partial charge on any atom is -0.292 e. The van der Waals surface area contributed by atoms with Crippen molar-refractivity contribution >= 4 is 17.9 Å². The number of aryl methyl sites for hydroxylation is 1. The highest BCUT2D eigenvalue weighted by Crippen LogP contribution is 2.33. The van der Waals surface area contributed by atoms with Crippen molar-refractivity contribution in [1.29, 1.82) is 0 Å².